The Kier molecular flexibility index (Phi) is 5.26. The van der Waals surface area contributed by atoms with E-state index in [2.05, 4.69) is 6.92 Å². The molecule has 0 aromatic heterocycles. The lowest BCUT2D eigenvalue weighted by atomic mass is 10.3. The first kappa shape index (κ1) is 13.4. The fraction of sp³-hybridized carbons (Fsp3) is 0.188. The van der Waals surface area contributed by atoms with Crippen LogP contribution in [0.4, 0.5) is 0 Å². The van der Waals surface area contributed by atoms with Crippen LogP contribution in [0.1, 0.15) is 0 Å². The zero-order valence-corrected chi connectivity index (χ0v) is 10.7. The molecule has 1 radical (unpaired) electrons. The van der Waals surface area contributed by atoms with Crippen LogP contribution in [0.25, 0.3) is 0 Å². The highest BCUT2D eigenvalue weighted by molar-refractivity contribution is 5.22. The van der Waals surface area contributed by atoms with Gasteiger partial charge in [-0.3, -0.25) is 0 Å². The van der Waals surface area contributed by atoms with Crippen LogP contribution < -0.4 is 9.47 Å². The molecule has 0 N–H and O–H groups in total. The first-order valence-corrected chi connectivity index (χ1v) is 6.19. The monoisotopic (exact) mass is 257 g/mol. The summed E-state index contributed by atoms with van der Waals surface area (Å²) in [5, 5.41) is 0. The fourth-order valence-electron chi connectivity index (χ4n) is 1.58. The molecular formula is C16H17O3. The fourth-order valence-corrected chi connectivity index (χ4v) is 1.58. The van der Waals surface area contributed by atoms with Gasteiger partial charge in [0.05, 0.1) is 6.61 Å². The van der Waals surface area contributed by atoms with E-state index < -0.39 is 6.29 Å². The lowest BCUT2D eigenvalue weighted by Crippen LogP contribution is -2.28. The van der Waals surface area contributed by atoms with Gasteiger partial charge in [0.2, 0.25) is 6.29 Å². The van der Waals surface area contributed by atoms with Crippen molar-refractivity contribution in [2.45, 2.75) is 6.29 Å². The van der Waals surface area contributed by atoms with Crippen molar-refractivity contribution in [2.75, 3.05) is 13.2 Å². The van der Waals surface area contributed by atoms with Crippen molar-refractivity contribution in [1.29, 1.82) is 0 Å². The molecule has 1 atom stereocenters. The Balaban J connectivity index is 1.89. The van der Waals surface area contributed by atoms with Crippen LogP contribution in [-0.4, -0.2) is 19.5 Å². The van der Waals surface area contributed by atoms with Crippen LogP contribution in [0.15, 0.2) is 60.7 Å². The van der Waals surface area contributed by atoms with Gasteiger partial charge in [0.15, 0.2) is 6.61 Å². The molecule has 0 amide bonds. The van der Waals surface area contributed by atoms with E-state index in [1.165, 1.54) is 0 Å². The molecule has 0 spiro atoms. The predicted octanol–water partition coefficient (Wildman–Crippen LogP) is 3.32. The highest BCUT2D eigenvalue weighted by Crippen LogP contribution is 2.14. The van der Waals surface area contributed by atoms with Crippen LogP contribution in [0.5, 0.6) is 11.5 Å². The van der Waals surface area contributed by atoms with E-state index in [0.29, 0.717) is 13.2 Å². The van der Waals surface area contributed by atoms with E-state index in [4.69, 9.17) is 14.2 Å². The second-order valence-electron chi connectivity index (χ2n) is 3.86. The first-order chi connectivity index (χ1) is 9.38. The number of ether oxygens (including phenoxy) is 3. The normalized spacial score (nSPS) is 11.8. The SMILES string of the molecule is [CH2]COC(COc1ccccc1)Oc1ccccc1. The zero-order chi connectivity index (χ0) is 13.3. The van der Waals surface area contributed by atoms with E-state index in [-0.39, 0.29) is 0 Å². The molecule has 0 aliphatic rings. The smallest absolute Gasteiger partial charge is 0.234 e. The summed E-state index contributed by atoms with van der Waals surface area (Å²) in [5.41, 5.74) is 0. The van der Waals surface area contributed by atoms with Crippen LogP contribution >= 0.6 is 0 Å². The van der Waals surface area contributed by atoms with Crippen LogP contribution in [0, 0.1) is 6.92 Å². The van der Waals surface area contributed by atoms with Gasteiger partial charge in [-0.15, -0.1) is 0 Å². The third-order valence-corrected chi connectivity index (χ3v) is 2.44. The summed E-state index contributed by atoms with van der Waals surface area (Å²) < 4.78 is 16.7. The largest absolute Gasteiger partial charge is 0.487 e. The quantitative estimate of drug-likeness (QED) is 0.712. The minimum atomic E-state index is -0.472. The predicted molar refractivity (Wildman–Crippen MR) is 74.1 cm³/mol. The maximum absolute atomic E-state index is 5.69. The first-order valence-electron chi connectivity index (χ1n) is 6.19. The molecule has 0 fully saturated rings. The second-order valence-corrected chi connectivity index (χ2v) is 3.86. The summed E-state index contributed by atoms with van der Waals surface area (Å²) in [7, 11) is 0. The molecule has 0 saturated heterocycles. The third-order valence-electron chi connectivity index (χ3n) is 2.44. The topological polar surface area (TPSA) is 27.7 Å². The Bertz CT molecular complexity index is 456. The summed E-state index contributed by atoms with van der Waals surface area (Å²) in [6.45, 7) is 4.31. The minimum Gasteiger partial charge on any atom is -0.487 e. The Morgan fingerprint density at radius 1 is 0.842 bits per heavy atom. The molecule has 0 heterocycles. The molecule has 0 bridgehead atoms. The van der Waals surface area contributed by atoms with Crippen LogP contribution in [0.2, 0.25) is 0 Å². The molecule has 3 nitrogen and oxygen atoms in total. The van der Waals surface area contributed by atoms with Gasteiger partial charge in [-0.05, 0) is 31.2 Å². The maximum atomic E-state index is 5.69. The number of para-hydroxylation sites is 2. The van der Waals surface area contributed by atoms with Crippen molar-refractivity contribution in [1.82, 2.24) is 0 Å². The minimum absolute atomic E-state index is 0.314. The molecule has 2 aromatic carbocycles. The van der Waals surface area contributed by atoms with E-state index in [0.717, 1.165) is 11.5 Å². The number of rotatable bonds is 7. The van der Waals surface area contributed by atoms with Gasteiger partial charge in [-0.2, -0.15) is 0 Å². The molecule has 99 valence electrons. The van der Waals surface area contributed by atoms with E-state index >= 15 is 0 Å². The van der Waals surface area contributed by atoms with E-state index in [9.17, 15) is 0 Å². The number of hydrogen-bond acceptors (Lipinski definition) is 3. The van der Waals surface area contributed by atoms with Crippen molar-refractivity contribution in [2.24, 2.45) is 0 Å². The summed E-state index contributed by atoms with van der Waals surface area (Å²) in [6.07, 6.45) is -0.472. The lowest BCUT2D eigenvalue weighted by Gasteiger charge is -2.19. The molecule has 19 heavy (non-hydrogen) atoms. The molecule has 2 aromatic rings. The average Bonchev–Trinajstić information content (AvgIpc) is 2.47. The van der Waals surface area contributed by atoms with E-state index in [1.54, 1.807) is 0 Å². The van der Waals surface area contributed by atoms with Gasteiger partial charge in [-0.1, -0.05) is 36.4 Å². The van der Waals surface area contributed by atoms with Gasteiger partial charge >= 0.3 is 0 Å². The van der Waals surface area contributed by atoms with Crippen LogP contribution in [0.3, 0.4) is 0 Å². The van der Waals surface area contributed by atoms with Gasteiger partial charge in [0.1, 0.15) is 11.5 Å². The van der Waals surface area contributed by atoms with Gasteiger partial charge < -0.3 is 14.2 Å². The number of benzene rings is 2. The Labute approximate surface area is 113 Å². The van der Waals surface area contributed by atoms with Crippen LogP contribution in [-0.2, 0) is 4.74 Å². The Morgan fingerprint density at radius 3 is 2.00 bits per heavy atom. The van der Waals surface area contributed by atoms with Crippen molar-refractivity contribution in [3.8, 4) is 11.5 Å². The number of hydrogen-bond donors (Lipinski definition) is 0. The molecule has 2 rings (SSSR count). The average molecular weight is 257 g/mol. The Morgan fingerprint density at radius 2 is 1.42 bits per heavy atom. The molecule has 1 unspecified atom stereocenters. The summed E-state index contributed by atoms with van der Waals surface area (Å²) in [5.74, 6) is 1.54. The van der Waals surface area contributed by atoms with Crippen molar-refractivity contribution in [3.63, 3.8) is 0 Å². The summed E-state index contributed by atoms with van der Waals surface area (Å²) in [6, 6.07) is 19.1. The van der Waals surface area contributed by atoms with Gasteiger partial charge in [0.25, 0.3) is 0 Å². The van der Waals surface area contributed by atoms with Crippen molar-refractivity contribution in [3.05, 3.63) is 67.6 Å². The molecule has 0 aliphatic heterocycles. The van der Waals surface area contributed by atoms with E-state index in [1.807, 2.05) is 60.7 Å². The summed E-state index contributed by atoms with van der Waals surface area (Å²) in [4.78, 5) is 0. The highest BCUT2D eigenvalue weighted by atomic mass is 16.7. The standard InChI is InChI=1S/C16H17O3/c1-2-17-16(19-15-11-7-4-8-12-15)13-18-14-9-5-3-6-10-14/h3-12,16H,1-2,13H2. The lowest BCUT2D eigenvalue weighted by molar-refractivity contribution is -0.0924. The molecular weight excluding hydrogens is 240 g/mol. The summed E-state index contributed by atoms with van der Waals surface area (Å²) >= 11 is 0. The molecule has 0 aliphatic carbocycles. The Hall–Kier alpha value is -2.00. The third kappa shape index (κ3) is 4.64. The van der Waals surface area contributed by atoms with Crippen molar-refractivity contribution < 1.29 is 14.2 Å². The van der Waals surface area contributed by atoms with Crippen molar-refractivity contribution >= 4 is 0 Å². The van der Waals surface area contributed by atoms with Gasteiger partial charge in [-0.25, -0.2) is 0 Å². The zero-order valence-electron chi connectivity index (χ0n) is 10.7. The maximum Gasteiger partial charge on any atom is 0.234 e. The second kappa shape index (κ2) is 7.44. The van der Waals surface area contributed by atoms with Gasteiger partial charge in [0, 0.05) is 0 Å². The molecule has 3 heteroatoms. The molecule has 0 saturated carbocycles. The highest BCUT2D eigenvalue weighted by Gasteiger charge is 2.11.